The van der Waals surface area contributed by atoms with E-state index < -0.39 is 5.41 Å². The molecule has 20 heavy (non-hydrogen) atoms. The second kappa shape index (κ2) is 7.69. The molecule has 1 rings (SSSR count). The highest BCUT2D eigenvalue weighted by atomic mass is 16.2. The largest absolute Gasteiger partial charge is 0.351 e. The summed E-state index contributed by atoms with van der Waals surface area (Å²) >= 11 is 0. The lowest BCUT2D eigenvalue weighted by molar-refractivity contribution is -0.129. The van der Waals surface area contributed by atoms with E-state index in [-0.39, 0.29) is 5.91 Å². The zero-order valence-electron chi connectivity index (χ0n) is 12.7. The van der Waals surface area contributed by atoms with Crippen molar-refractivity contribution in [2.75, 3.05) is 0 Å². The van der Waals surface area contributed by atoms with Gasteiger partial charge in [-0.25, -0.2) is 0 Å². The van der Waals surface area contributed by atoms with Crippen LogP contribution in [0.1, 0.15) is 50.7 Å². The standard InChI is InChI=1S/C17H24N2O/c1-4-9-17(13-18,10-5-2)16(20)19-12-15-8-6-7-14(3)11-15/h6-8,11H,4-5,9-10,12H2,1-3H3,(H,19,20). The molecule has 108 valence electrons. The summed E-state index contributed by atoms with van der Waals surface area (Å²) in [5.41, 5.74) is 1.37. The Hall–Kier alpha value is -1.82. The van der Waals surface area contributed by atoms with Crippen LogP contribution in [0.4, 0.5) is 0 Å². The first-order chi connectivity index (χ1) is 9.57. The van der Waals surface area contributed by atoms with Gasteiger partial charge in [-0.3, -0.25) is 4.79 Å². The third kappa shape index (κ3) is 4.09. The Morgan fingerprint density at radius 2 is 1.95 bits per heavy atom. The van der Waals surface area contributed by atoms with E-state index in [4.69, 9.17) is 0 Å². The number of nitrogens with zero attached hydrogens (tertiary/aromatic N) is 1. The first-order valence-electron chi connectivity index (χ1n) is 7.33. The highest BCUT2D eigenvalue weighted by Crippen LogP contribution is 2.29. The first kappa shape index (κ1) is 16.2. The summed E-state index contributed by atoms with van der Waals surface area (Å²) in [6, 6.07) is 10.3. The van der Waals surface area contributed by atoms with Crippen LogP contribution in [0.5, 0.6) is 0 Å². The molecule has 0 saturated heterocycles. The van der Waals surface area contributed by atoms with Crippen molar-refractivity contribution in [3.8, 4) is 6.07 Å². The van der Waals surface area contributed by atoms with E-state index in [0.717, 1.165) is 18.4 Å². The van der Waals surface area contributed by atoms with Crippen molar-refractivity contribution in [3.63, 3.8) is 0 Å². The van der Waals surface area contributed by atoms with Gasteiger partial charge in [0.15, 0.2) is 0 Å². The van der Waals surface area contributed by atoms with Crippen LogP contribution in [0, 0.1) is 23.7 Å². The predicted molar refractivity (Wildman–Crippen MR) is 80.9 cm³/mol. The number of hydrogen-bond donors (Lipinski definition) is 1. The maximum Gasteiger partial charge on any atom is 0.240 e. The first-order valence-corrected chi connectivity index (χ1v) is 7.33. The van der Waals surface area contributed by atoms with Crippen LogP contribution in [0.3, 0.4) is 0 Å². The lowest BCUT2D eigenvalue weighted by atomic mass is 9.79. The molecule has 0 heterocycles. The van der Waals surface area contributed by atoms with Crippen LogP contribution in [0.15, 0.2) is 24.3 Å². The number of nitriles is 1. The lowest BCUT2D eigenvalue weighted by Crippen LogP contribution is -2.39. The molecule has 0 atom stereocenters. The summed E-state index contributed by atoms with van der Waals surface area (Å²) in [5, 5.41) is 12.4. The molecule has 0 spiro atoms. The maximum absolute atomic E-state index is 12.4. The molecule has 1 amide bonds. The van der Waals surface area contributed by atoms with Gasteiger partial charge < -0.3 is 5.32 Å². The van der Waals surface area contributed by atoms with Gasteiger partial charge >= 0.3 is 0 Å². The Labute approximate surface area is 122 Å². The summed E-state index contributed by atoms with van der Waals surface area (Å²) in [6.07, 6.45) is 2.92. The Morgan fingerprint density at radius 3 is 2.45 bits per heavy atom. The molecule has 3 nitrogen and oxygen atoms in total. The summed E-state index contributed by atoms with van der Waals surface area (Å²) in [6.45, 7) is 6.53. The van der Waals surface area contributed by atoms with E-state index in [0.29, 0.717) is 19.4 Å². The van der Waals surface area contributed by atoms with Gasteiger partial charge in [0, 0.05) is 6.54 Å². The van der Waals surface area contributed by atoms with Crippen LogP contribution < -0.4 is 5.32 Å². The summed E-state index contributed by atoms with van der Waals surface area (Å²) in [7, 11) is 0. The average Bonchev–Trinajstić information content (AvgIpc) is 2.44. The molecular weight excluding hydrogens is 248 g/mol. The van der Waals surface area contributed by atoms with Crippen molar-refractivity contribution in [1.29, 1.82) is 5.26 Å². The fourth-order valence-corrected chi connectivity index (χ4v) is 2.54. The van der Waals surface area contributed by atoms with Gasteiger partial charge in [0.25, 0.3) is 0 Å². The Morgan fingerprint density at radius 1 is 1.30 bits per heavy atom. The normalized spacial score (nSPS) is 10.9. The molecule has 0 unspecified atom stereocenters. The maximum atomic E-state index is 12.4. The zero-order valence-corrected chi connectivity index (χ0v) is 12.7. The number of nitrogens with one attached hydrogen (secondary N) is 1. The van der Waals surface area contributed by atoms with Gasteiger partial charge in [0.05, 0.1) is 6.07 Å². The van der Waals surface area contributed by atoms with Gasteiger partial charge in [0.1, 0.15) is 5.41 Å². The van der Waals surface area contributed by atoms with Gasteiger partial charge in [-0.05, 0) is 25.3 Å². The number of carbonyl (C=O) groups is 1. The van der Waals surface area contributed by atoms with Gasteiger partial charge in [-0.1, -0.05) is 56.5 Å². The number of aryl methyl sites for hydroxylation is 1. The molecule has 0 aliphatic carbocycles. The fourth-order valence-electron chi connectivity index (χ4n) is 2.54. The molecule has 0 radical (unpaired) electrons. The second-order valence-corrected chi connectivity index (χ2v) is 5.37. The Bertz CT molecular complexity index is 482. The second-order valence-electron chi connectivity index (χ2n) is 5.37. The van der Waals surface area contributed by atoms with E-state index in [2.05, 4.69) is 11.4 Å². The third-order valence-electron chi connectivity index (χ3n) is 3.54. The third-order valence-corrected chi connectivity index (χ3v) is 3.54. The van der Waals surface area contributed by atoms with E-state index in [1.54, 1.807) is 0 Å². The van der Waals surface area contributed by atoms with E-state index in [9.17, 15) is 10.1 Å². The van der Waals surface area contributed by atoms with Crippen molar-refractivity contribution in [2.45, 2.75) is 53.0 Å². The molecule has 0 aromatic heterocycles. The quantitative estimate of drug-likeness (QED) is 0.822. The van der Waals surface area contributed by atoms with Crippen molar-refractivity contribution < 1.29 is 4.79 Å². The van der Waals surface area contributed by atoms with Crippen LogP contribution in [0.25, 0.3) is 0 Å². The van der Waals surface area contributed by atoms with Gasteiger partial charge in [-0.2, -0.15) is 5.26 Å². The van der Waals surface area contributed by atoms with Crippen LogP contribution >= 0.6 is 0 Å². The molecule has 0 aliphatic heterocycles. The number of carbonyl (C=O) groups excluding carboxylic acids is 1. The SMILES string of the molecule is CCCC(C#N)(CCC)C(=O)NCc1cccc(C)c1. The fraction of sp³-hybridized carbons (Fsp3) is 0.529. The molecule has 0 fully saturated rings. The van der Waals surface area contributed by atoms with Crippen LogP contribution in [-0.4, -0.2) is 5.91 Å². The summed E-state index contributed by atoms with van der Waals surface area (Å²) < 4.78 is 0. The van der Waals surface area contributed by atoms with Crippen molar-refractivity contribution in [2.24, 2.45) is 5.41 Å². The van der Waals surface area contributed by atoms with Crippen molar-refractivity contribution in [1.82, 2.24) is 5.32 Å². The average molecular weight is 272 g/mol. The molecule has 0 aliphatic rings. The highest BCUT2D eigenvalue weighted by Gasteiger charge is 2.36. The molecule has 3 heteroatoms. The van der Waals surface area contributed by atoms with Crippen molar-refractivity contribution >= 4 is 5.91 Å². The number of amides is 1. The smallest absolute Gasteiger partial charge is 0.240 e. The van der Waals surface area contributed by atoms with Crippen LogP contribution in [-0.2, 0) is 11.3 Å². The predicted octanol–water partition coefficient (Wildman–Crippen LogP) is 3.72. The lowest BCUT2D eigenvalue weighted by Gasteiger charge is -2.24. The Kier molecular flexibility index (Phi) is 6.24. The summed E-state index contributed by atoms with van der Waals surface area (Å²) in [5.74, 6) is -0.134. The number of rotatable bonds is 7. The molecule has 1 aromatic carbocycles. The molecule has 0 bridgehead atoms. The monoisotopic (exact) mass is 272 g/mol. The molecular formula is C17H24N2O. The van der Waals surface area contributed by atoms with E-state index in [1.165, 1.54) is 5.56 Å². The molecule has 0 saturated carbocycles. The minimum Gasteiger partial charge on any atom is -0.351 e. The molecule has 1 N–H and O–H groups in total. The topological polar surface area (TPSA) is 52.9 Å². The Balaban J connectivity index is 2.74. The highest BCUT2D eigenvalue weighted by molar-refractivity contribution is 5.85. The molecule has 1 aromatic rings. The van der Waals surface area contributed by atoms with E-state index in [1.807, 2.05) is 45.0 Å². The summed E-state index contributed by atoms with van der Waals surface area (Å²) in [4.78, 5) is 12.4. The number of benzene rings is 1. The van der Waals surface area contributed by atoms with Gasteiger partial charge in [-0.15, -0.1) is 0 Å². The minimum absolute atomic E-state index is 0.134. The van der Waals surface area contributed by atoms with Crippen LogP contribution in [0.2, 0.25) is 0 Å². The van der Waals surface area contributed by atoms with Crippen molar-refractivity contribution in [3.05, 3.63) is 35.4 Å². The van der Waals surface area contributed by atoms with Gasteiger partial charge in [0.2, 0.25) is 5.91 Å². The number of hydrogen-bond acceptors (Lipinski definition) is 2. The minimum atomic E-state index is -0.868. The zero-order chi connectivity index (χ0) is 15.0. The van der Waals surface area contributed by atoms with E-state index >= 15 is 0 Å².